The summed E-state index contributed by atoms with van der Waals surface area (Å²) in [5, 5.41) is 19.4. The molecule has 0 bridgehead atoms. The monoisotopic (exact) mass is 565 g/mol. The molecule has 5 rings (SSSR count). The summed E-state index contributed by atoms with van der Waals surface area (Å²) in [6, 6.07) is 19.8. The Morgan fingerprint density at radius 2 is 1.83 bits per heavy atom. The zero-order chi connectivity index (χ0) is 28.8. The molecule has 0 aliphatic carbocycles. The van der Waals surface area contributed by atoms with Crippen molar-refractivity contribution in [3.63, 3.8) is 0 Å². The largest absolute Gasteiger partial charge is 0.350 e. The van der Waals surface area contributed by atoms with E-state index in [1.54, 1.807) is 47.2 Å². The average molecular weight is 566 g/mol. The molecule has 0 fully saturated rings. The van der Waals surface area contributed by atoms with Gasteiger partial charge in [0.15, 0.2) is 5.65 Å². The van der Waals surface area contributed by atoms with Crippen molar-refractivity contribution in [1.82, 2.24) is 29.8 Å². The van der Waals surface area contributed by atoms with Gasteiger partial charge in [-0.15, -0.1) is 0 Å². The number of benzene rings is 2. The summed E-state index contributed by atoms with van der Waals surface area (Å²) in [7, 11) is 0. The van der Waals surface area contributed by atoms with Gasteiger partial charge in [0.1, 0.15) is 29.0 Å². The van der Waals surface area contributed by atoms with Crippen LogP contribution >= 0.6 is 11.6 Å². The van der Waals surface area contributed by atoms with Crippen LogP contribution in [0.2, 0.25) is 5.02 Å². The number of fused-ring (bicyclic) bond motifs is 1. The highest BCUT2D eigenvalue weighted by atomic mass is 35.5. The van der Waals surface area contributed by atoms with E-state index in [2.05, 4.69) is 32.6 Å². The van der Waals surface area contributed by atoms with Crippen molar-refractivity contribution in [2.45, 2.75) is 13.1 Å². The molecular weight excluding hydrogens is 545 g/mol. The zero-order valence-corrected chi connectivity index (χ0v) is 22.2. The van der Waals surface area contributed by atoms with E-state index in [1.807, 2.05) is 12.1 Å². The number of nitrogens with one attached hydrogen (secondary N) is 2. The molecule has 0 saturated carbocycles. The molecule has 0 aliphatic rings. The predicted octanol–water partition coefficient (Wildman–Crippen LogP) is 3.95. The third-order valence-corrected chi connectivity index (χ3v) is 6.53. The molecule has 0 saturated heterocycles. The number of amides is 2. The van der Waals surface area contributed by atoms with Crippen molar-refractivity contribution in [2.24, 2.45) is 0 Å². The van der Waals surface area contributed by atoms with Gasteiger partial charge in [0.05, 0.1) is 6.20 Å². The molecule has 0 radical (unpaired) electrons. The molecule has 0 spiro atoms. The number of carbonyl (C=O) groups is 2. The SMILES string of the molecule is N#Cc1ccc(C(=O)NCc2c(F)cccc2Cl)n1CCNC(=O)c1cccc(C#Cc2cnc3cccnn23)c1. The minimum absolute atomic E-state index is 0.124. The molecule has 2 aromatic carbocycles. The average Bonchev–Trinajstić information content (AvgIpc) is 3.60. The van der Waals surface area contributed by atoms with Crippen LogP contribution in [0.1, 0.15) is 43.4 Å². The highest BCUT2D eigenvalue weighted by Gasteiger charge is 2.17. The van der Waals surface area contributed by atoms with E-state index in [0.29, 0.717) is 22.5 Å². The molecule has 3 heterocycles. The van der Waals surface area contributed by atoms with Crippen LogP contribution in [0.4, 0.5) is 4.39 Å². The fraction of sp³-hybridized carbons (Fsp3) is 0.100. The van der Waals surface area contributed by atoms with Gasteiger partial charge in [-0.3, -0.25) is 9.59 Å². The molecule has 3 aromatic heterocycles. The molecule has 0 atom stereocenters. The Morgan fingerprint density at radius 1 is 0.976 bits per heavy atom. The van der Waals surface area contributed by atoms with Crippen LogP contribution < -0.4 is 10.6 Å². The minimum Gasteiger partial charge on any atom is -0.350 e. The zero-order valence-electron chi connectivity index (χ0n) is 21.4. The molecular formula is C30H21ClFN7O2. The van der Waals surface area contributed by atoms with E-state index in [-0.39, 0.29) is 47.5 Å². The fourth-order valence-electron chi connectivity index (χ4n) is 4.14. The van der Waals surface area contributed by atoms with E-state index in [0.717, 1.165) is 0 Å². The van der Waals surface area contributed by atoms with Gasteiger partial charge in [0.2, 0.25) is 0 Å². The molecule has 41 heavy (non-hydrogen) atoms. The Bertz CT molecular complexity index is 1860. The Balaban J connectivity index is 1.22. The minimum atomic E-state index is -0.531. The fourth-order valence-corrected chi connectivity index (χ4v) is 4.37. The number of hydrogen-bond donors (Lipinski definition) is 2. The lowest BCUT2D eigenvalue weighted by molar-refractivity contribution is 0.0941. The van der Waals surface area contributed by atoms with Gasteiger partial charge in [-0.05, 0) is 60.5 Å². The van der Waals surface area contributed by atoms with Gasteiger partial charge in [-0.1, -0.05) is 29.7 Å². The van der Waals surface area contributed by atoms with Crippen molar-refractivity contribution in [1.29, 1.82) is 5.26 Å². The van der Waals surface area contributed by atoms with Crippen LogP contribution in [-0.4, -0.2) is 37.5 Å². The molecule has 11 heteroatoms. The van der Waals surface area contributed by atoms with Crippen molar-refractivity contribution < 1.29 is 14.0 Å². The van der Waals surface area contributed by atoms with E-state index in [4.69, 9.17) is 11.6 Å². The van der Waals surface area contributed by atoms with Crippen LogP contribution in [0.25, 0.3) is 5.65 Å². The molecule has 5 aromatic rings. The normalized spacial score (nSPS) is 10.5. The van der Waals surface area contributed by atoms with Gasteiger partial charge in [0.25, 0.3) is 11.8 Å². The maximum atomic E-state index is 14.1. The molecule has 2 amide bonds. The number of hydrogen-bond acceptors (Lipinski definition) is 5. The van der Waals surface area contributed by atoms with E-state index in [9.17, 15) is 19.2 Å². The molecule has 202 valence electrons. The number of halogens is 2. The number of imidazole rings is 1. The summed E-state index contributed by atoms with van der Waals surface area (Å²) in [5.41, 5.74) is 2.94. The van der Waals surface area contributed by atoms with Gasteiger partial charge in [-0.25, -0.2) is 13.9 Å². The molecule has 0 aliphatic heterocycles. The first kappa shape index (κ1) is 27.1. The first-order valence-electron chi connectivity index (χ1n) is 12.4. The standard InChI is InChI=1S/C30H21ClFN7O2/c31-25-6-2-7-26(32)24(25)19-36-30(41)27-12-11-22(17-33)38(27)15-14-34-29(40)21-5-1-4-20(16-21)9-10-23-18-35-28-8-3-13-37-39(23)28/h1-8,11-13,16,18H,14-15,19H2,(H,34,40)(H,36,41). The third kappa shape index (κ3) is 6.09. The number of aromatic nitrogens is 4. The lowest BCUT2D eigenvalue weighted by Gasteiger charge is -2.13. The summed E-state index contributed by atoms with van der Waals surface area (Å²) >= 11 is 6.04. The van der Waals surface area contributed by atoms with Crippen LogP contribution in [0.5, 0.6) is 0 Å². The Labute approximate surface area is 239 Å². The van der Waals surface area contributed by atoms with Gasteiger partial charge in [-0.2, -0.15) is 10.4 Å². The summed E-state index contributed by atoms with van der Waals surface area (Å²) in [5.74, 6) is 4.68. The Morgan fingerprint density at radius 3 is 2.66 bits per heavy atom. The number of nitriles is 1. The molecule has 9 nitrogen and oxygen atoms in total. The van der Waals surface area contributed by atoms with E-state index in [1.165, 1.54) is 34.9 Å². The quantitative estimate of drug-likeness (QED) is 0.290. The summed E-state index contributed by atoms with van der Waals surface area (Å²) < 4.78 is 17.2. The van der Waals surface area contributed by atoms with Gasteiger partial charge in [0, 0.05) is 47.5 Å². The summed E-state index contributed by atoms with van der Waals surface area (Å²) in [6.07, 6.45) is 3.28. The molecule has 0 unspecified atom stereocenters. The number of carbonyl (C=O) groups excluding carboxylic acids is 2. The second-order valence-corrected chi connectivity index (χ2v) is 9.18. The van der Waals surface area contributed by atoms with Crippen molar-refractivity contribution >= 4 is 29.1 Å². The second-order valence-electron chi connectivity index (χ2n) is 8.77. The lowest BCUT2D eigenvalue weighted by Crippen LogP contribution is -2.30. The number of nitrogens with zero attached hydrogens (tertiary/aromatic N) is 5. The van der Waals surface area contributed by atoms with E-state index >= 15 is 0 Å². The van der Waals surface area contributed by atoms with Crippen LogP contribution in [0.15, 0.2) is 79.1 Å². The van der Waals surface area contributed by atoms with E-state index < -0.39 is 11.7 Å². The van der Waals surface area contributed by atoms with Gasteiger partial charge >= 0.3 is 0 Å². The van der Waals surface area contributed by atoms with Gasteiger partial charge < -0.3 is 15.2 Å². The van der Waals surface area contributed by atoms with Crippen molar-refractivity contribution in [3.05, 3.63) is 124 Å². The lowest BCUT2D eigenvalue weighted by atomic mass is 10.1. The van der Waals surface area contributed by atoms with Crippen LogP contribution in [0.3, 0.4) is 0 Å². The second kappa shape index (κ2) is 12.2. The summed E-state index contributed by atoms with van der Waals surface area (Å²) in [6.45, 7) is 0.178. The maximum absolute atomic E-state index is 14.1. The highest BCUT2D eigenvalue weighted by molar-refractivity contribution is 6.31. The summed E-state index contributed by atoms with van der Waals surface area (Å²) in [4.78, 5) is 30.0. The first-order chi connectivity index (χ1) is 19.9. The smallest absolute Gasteiger partial charge is 0.268 e. The number of rotatable bonds is 7. The maximum Gasteiger partial charge on any atom is 0.268 e. The van der Waals surface area contributed by atoms with Crippen molar-refractivity contribution in [2.75, 3.05) is 6.54 Å². The topological polar surface area (TPSA) is 117 Å². The van der Waals surface area contributed by atoms with Crippen molar-refractivity contribution in [3.8, 4) is 17.9 Å². The highest BCUT2D eigenvalue weighted by Crippen LogP contribution is 2.19. The third-order valence-electron chi connectivity index (χ3n) is 6.17. The van der Waals surface area contributed by atoms with Crippen LogP contribution in [0, 0.1) is 29.0 Å². The predicted molar refractivity (Wildman–Crippen MR) is 149 cm³/mol. The molecule has 2 N–H and O–H groups in total. The first-order valence-corrected chi connectivity index (χ1v) is 12.8. The Kier molecular flexibility index (Phi) is 8.05. The Hall–Kier alpha value is -5.45. The van der Waals surface area contributed by atoms with Crippen LogP contribution in [-0.2, 0) is 13.1 Å².